The maximum atomic E-state index is 12.6. The van der Waals surface area contributed by atoms with Crippen molar-refractivity contribution in [1.29, 1.82) is 15.8 Å². The van der Waals surface area contributed by atoms with Crippen molar-refractivity contribution < 1.29 is 18.0 Å². The molecule has 0 amide bonds. The Morgan fingerprint density at radius 1 is 1.14 bits per heavy atom. The SMILES string of the molecule is N#CC(C#N)=C(C#N)Nc1ccc(Cl)cc1C(=O)C(F)(F)F. The smallest absolute Gasteiger partial charge is 0.345 e. The first-order valence-electron chi connectivity index (χ1n) is 5.37. The highest BCUT2D eigenvalue weighted by atomic mass is 35.5. The van der Waals surface area contributed by atoms with E-state index in [1.165, 1.54) is 24.3 Å². The predicted octanol–water partition coefficient (Wildman–Crippen LogP) is 3.32. The highest BCUT2D eigenvalue weighted by Gasteiger charge is 2.40. The van der Waals surface area contributed by atoms with Gasteiger partial charge in [0.15, 0.2) is 5.57 Å². The molecular weight excluding hydrogens is 321 g/mol. The highest BCUT2D eigenvalue weighted by Crippen LogP contribution is 2.29. The zero-order chi connectivity index (χ0) is 16.9. The van der Waals surface area contributed by atoms with Crippen molar-refractivity contribution in [3.63, 3.8) is 0 Å². The van der Waals surface area contributed by atoms with Gasteiger partial charge in [-0.2, -0.15) is 29.0 Å². The van der Waals surface area contributed by atoms with Crippen LogP contribution in [0.5, 0.6) is 0 Å². The van der Waals surface area contributed by atoms with E-state index in [-0.39, 0.29) is 5.02 Å². The number of hydrogen-bond acceptors (Lipinski definition) is 5. The van der Waals surface area contributed by atoms with Crippen LogP contribution in [0, 0.1) is 34.0 Å². The number of alkyl halides is 3. The molecule has 0 saturated heterocycles. The molecule has 0 aliphatic heterocycles. The van der Waals surface area contributed by atoms with E-state index in [4.69, 9.17) is 27.4 Å². The second kappa shape index (κ2) is 6.62. The zero-order valence-corrected chi connectivity index (χ0v) is 11.2. The third-order valence-electron chi connectivity index (χ3n) is 2.33. The quantitative estimate of drug-likeness (QED) is 0.679. The summed E-state index contributed by atoms with van der Waals surface area (Å²) in [6, 6.07) is 7.29. The van der Waals surface area contributed by atoms with Crippen molar-refractivity contribution in [3.05, 3.63) is 40.1 Å². The fraction of sp³-hybridized carbons (Fsp3) is 0.0769. The normalized spacial score (nSPS) is 9.86. The summed E-state index contributed by atoms with van der Waals surface area (Å²) in [6.07, 6.45) is -5.15. The van der Waals surface area contributed by atoms with E-state index < -0.39 is 34.5 Å². The van der Waals surface area contributed by atoms with Gasteiger partial charge >= 0.3 is 6.18 Å². The van der Waals surface area contributed by atoms with Crippen LogP contribution in [0.2, 0.25) is 5.02 Å². The van der Waals surface area contributed by atoms with Crippen LogP contribution < -0.4 is 5.32 Å². The van der Waals surface area contributed by atoms with Gasteiger partial charge in [-0.1, -0.05) is 11.6 Å². The van der Waals surface area contributed by atoms with E-state index in [0.29, 0.717) is 0 Å². The van der Waals surface area contributed by atoms with Crippen LogP contribution in [-0.4, -0.2) is 12.0 Å². The lowest BCUT2D eigenvalue weighted by atomic mass is 10.1. The number of rotatable bonds is 3. The molecule has 0 aliphatic rings. The number of allylic oxidation sites excluding steroid dienone is 2. The van der Waals surface area contributed by atoms with Crippen molar-refractivity contribution in [2.24, 2.45) is 0 Å². The molecule has 0 heterocycles. The summed E-state index contributed by atoms with van der Waals surface area (Å²) in [4.78, 5) is 11.4. The van der Waals surface area contributed by atoms with E-state index in [0.717, 1.165) is 12.1 Å². The minimum atomic E-state index is -5.15. The molecule has 5 nitrogen and oxygen atoms in total. The number of benzene rings is 1. The highest BCUT2D eigenvalue weighted by molar-refractivity contribution is 6.31. The molecule has 1 aromatic carbocycles. The van der Waals surface area contributed by atoms with Gasteiger partial charge < -0.3 is 5.32 Å². The molecule has 0 fully saturated rings. The summed E-state index contributed by atoms with van der Waals surface area (Å²) < 4.78 is 37.7. The lowest BCUT2D eigenvalue weighted by molar-refractivity contribution is -0.0884. The first kappa shape index (κ1) is 17.0. The van der Waals surface area contributed by atoms with Gasteiger partial charge in [-0.15, -0.1) is 0 Å². The van der Waals surface area contributed by atoms with Crippen molar-refractivity contribution in [2.75, 3.05) is 5.32 Å². The average molecular weight is 325 g/mol. The van der Waals surface area contributed by atoms with Crippen molar-refractivity contribution in [1.82, 2.24) is 0 Å². The number of carbonyl (C=O) groups is 1. The summed E-state index contributed by atoms with van der Waals surface area (Å²) in [7, 11) is 0. The van der Waals surface area contributed by atoms with Gasteiger partial charge in [-0.25, -0.2) is 0 Å². The molecule has 1 aromatic rings. The van der Waals surface area contributed by atoms with Crippen LogP contribution in [-0.2, 0) is 0 Å². The number of hydrogen-bond donors (Lipinski definition) is 1. The van der Waals surface area contributed by atoms with Gasteiger partial charge in [0.05, 0.1) is 11.3 Å². The number of nitrogens with zero attached hydrogens (tertiary/aromatic N) is 3. The minimum absolute atomic E-state index is 0.124. The molecule has 0 radical (unpaired) electrons. The van der Waals surface area contributed by atoms with E-state index in [1.54, 1.807) is 0 Å². The molecule has 0 bridgehead atoms. The lowest BCUT2D eigenvalue weighted by Crippen LogP contribution is -2.24. The van der Waals surface area contributed by atoms with Crippen LogP contribution in [0.25, 0.3) is 0 Å². The molecule has 0 saturated carbocycles. The van der Waals surface area contributed by atoms with Crippen LogP contribution in [0.15, 0.2) is 29.5 Å². The Labute approximate surface area is 127 Å². The van der Waals surface area contributed by atoms with Crippen LogP contribution >= 0.6 is 11.6 Å². The standard InChI is InChI=1S/C13H4ClF3N4O/c14-8-1-2-10(9(3-8)12(22)13(15,16)17)21-11(6-20)7(4-18)5-19/h1-3,21H. The first-order chi connectivity index (χ1) is 10.2. The lowest BCUT2D eigenvalue weighted by Gasteiger charge is -2.12. The predicted molar refractivity (Wildman–Crippen MR) is 69.3 cm³/mol. The molecule has 1 rings (SSSR count). The summed E-state index contributed by atoms with van der Waals surface area (Å²) in [6.45, 7) is 0. The Kier molecular flexibility index (Phi) is 5.13. The molecule has 110 valence electrons. The number of anilines is 1. The minimum Gasteiger partial charge on any atom is -0.345 e. The van der Waals surface area contributed by atoms with Crippen molar-refractivity contribution in [3.8, 4) is 18.2 Å². The van der Waals surface area contributed by atoms with E-state index in [1.807, 2.05) is 0 Å². The molecule has 0 unspecified atom stereocenters. The van der Waals surface area contributed by atoms with Gasteiger partial charge in [-0.05, 0) is 18.2 Å². The van der Waals surface area contributed by atoms with Gasteiger partial charge in [0.25, 0.3) is 5.78 Å². The molecule has 9 heteroatoms. The molecule has 0 aromatic heterocycles. The summed E-state index contributed by atoms with van der Waals surface area (Å²) in [5.41, 5.74) is -2.44. The number of ketones is 1. The third-order valence-corrected chi connectivity index (χ3v) is 2.56. The molecule has 0 aliphatic carbocycles. The average Bonchev–Trinajstić information content (AvgIpc) is 2.47. The summed E-state index contributed by atoms with van der Waals surface area (Å²) in [5, 5.41) is 28.2. The van der Waals surface area contributed by atoms with Gasteiger partial charge in [0, 0.05) is 5.02 Å². The van der Waals surface area contributed by atoms with E-state index >= 15 is 0 Å². The first-order valence-corrected chi connectivity index (χ1v) is 5.75. The number of halogens is 4. The molecule has 0 spiro atoms. The van der Waals surface area contributed by atoms with Crippen LogP contribution in [0.1, 0.15) is 10.4 Å². The maximum absolute atomic E-state index is 12.6. The van der Waals surface area contributed by atoms with E-state index in [2.05, 4.69) is 5.32 Å². The fourth-order valence-electron chi connectivity index (χ4n) is 1.38. The molecule has 0 atom stereocenters. The zero-order valence-electron chi connectivity index (χ0n) is 10.5. The number of nitriles is 3. The second-order valence-corrected chi connectivity index (χ2v) is 4.16. The fourth-order valence-corrected chi connectivity index (χ4v) is 1.56. The van der Waals surface area contributed by atoms with Crippen molar-refractivity contribution in [2.45, 2.75) is 6.18 Å². The largest absolute Gasteiger partial charge is 0.454 e. The third kappa shape index (κ3) is 3.76. The van der Waals surface area contributed by atoms with Crippen LogP contribution in [0.3, 0.4) is 0 Å². The Balaban J connectivity index is 3.43. The summed E-state index contributed by atoms with van der Waals surface area (Å²) >= 11 is 5.57. The Morgan fingerprint density at radius 3 is 2.18 bits per heavy atom. The summed E-state index contributed by atoms with van der Waals surface area (Å²) in [5.74, 6) is -2.18. The number of Topliss-reactive ketones (excluding diaryl/α,β-unsaturated/α-hetero) is 1. The van der Waals surface area contributed by atoms with Gasteiger partial charge in [0.1, 0.15) is 23.9 Å². The topological polar surface area (TPSA) is 100 Å². The van der Waals surface area contributed by atoms with Gasteiger partial charge in [-0.3, -0.25) is 4.79 Å². The Bertz CT molecular complexity index is 762. The second-order valence-electron chi connectivity index (χ2n) is 3.73. The van der Waals surface area contributed by atoms with Gasteiger partial charge in [0.2, 0.25) is 0 Å². The molecule has 1 N–H and O–H groups in total. The monoisotopic (exact) mass is 324 g/mol. The number of carbonyl (C=O) groups excluding carboxylic acids is 1. The van der Waals surface area contributed by atoms with Crippen molar-refractivity contribution >= 4 is 23.1 Å². The number of nitrogens with one attached hydrogen (secondary N) is 1. The van der Waals surface area contributed by atoms with E-state index in [9.17, 15) is 18.0 Å². The molecule has 22 heavy (non-hydrogen) atoms. The maximum Gasteiger partial charge on any atom is 0.454 e. The van der Waals surface area contributed by atoms with Crippen LogP contribution in [0.4, 0.5) is 18.9 Å². The Morgan fingerprint density at radius 2 is 1.73 bits per heavy atom. The Hall–Kier alpha value is -3.02. The molecular formula is C13H4ClF3N4O.